The maximum absolute atomic E-state index is 12.4. The van der Waals surface area contributed by atoms with Crippen LogP contribution in [0.25, 0.3) is 0 Å². The third-order valence-corrected chi connectivity index (χ3v) is 3.96. The van der Waals surface area contributed by atoms with Crippen molar-refractivity contribution in [1.29, 1.82) is 0 Å². The van der Waals surface area contributed by atoms with Gasteiger partial charge in [0.25, 0.3) is 0 Å². The number of hydrogen-bond donors (Lipinski definition) is 2. The summed E-state index contributed by atoms with van der Waals surface area (Å²) in [5.74, 6) is 0.0355. The number of hydrogen-bond acceptors (Lipinski definition) is 2. The molecule has 0 radical (unpaired) electrons. The summed E-state index contributed by atoms with van der Waals surface area (Å²) in [4.78, 5) is 12.4. The predicted octanol–water partition coefficient (Wildman–Crippen LogP) is 3.32. The van der Waals surface area contributed by atoms with Crippen LogP contribution in [0.3, 0.4) is 0 Å². The molecule has 5 heteroatoms. The number of carbonyl (C=O) groups is 1. The van der Waals surface area contributed by atoms with Crippen LogP contribution in [0.2, 0.25) is 10.0 Å². The minimum Gasteiger partial charge on any atom is -0.325 e. The molecule has 1 aliphatic rings. The number of nitrogens with one attached hydrogen (secondary N) is 2. The van der Waals surface area contributed by atoms with Crippen molar-refractivity contribution in [3.8, 4) is 0 Å². The molecule has 1 unspecified atom stereocenters. The van der Waals surface area contributed by atoms with Gasteiger partial charge in [0.15, 0.2) is 0 Å². The summed E-state index contributed by atoms with van der Waals surface area (Å²) in [5, 5.41) is 7.19. The quantitative estimate of drug-likeness (QED) is 0.895. The van der Waals surface area contributed by atoms with Crippen molar-refractivity contribution in [2.75, 3.05) is 18.4 Å². The van der Waals surface area contributed by atoms with E-state index in [4.69, 9.17) is 23.2 Å². The number of rotatable bonds is 3. The number of halogens is 2. The number of benzene rings is 1. The average Bonchev–Trinajstić information content (AvgIpc) is 2.77. The number of carbonyl (C=O) groups excluding carboxylic acids is 1. The molecule has 0 bridgehead atoms. The zero-order valence-electron chi connectivity index (χ0n) is 10.2. The fraction of sp³-hybridized carbons (Fsp3) is 0.462. The SMILES string of the molecule is CCC1(C(=O)Nc2cc(Cl)cc(Cl)c2)CCNC1. The minimum atomic E-state index is -0.311. The van der Waals surface area contributed by atoms with Gasteiger partial charge in [0, 0.05) is 22.3 Å². The summed E-state index contributed by atoms with van der Waals surface area (Å²) in [6, 6.07) is 5.06. The summed E-state index contributed by atoms with van der Waals surface area (Å²) >= 11 is 11.8. The lowest BCUT2D eigenvalue weighted by atomic mass is 9.83. The zero-order chi connectivity index (χ0) is 13.2. The van der Waals surface area contributed by atoms with E-state index in [0.717, 1.165) is 25.9 Å². The first kappa shape index (κ1) is 13.7. The second kappa shape index (κ2) is 5.47. The zero-order valence-corrected chi connectivity index (χ0v) is 11.7. The van der Waals surface area contributed by atoms with E-state index in [0.29, 0.717) is 15.7 Å². The van der Waals surface area contributed by atoms with Gasteiger partial charge in [-0.05, 0) is 37.6 Å². The summed E-state index contributed by atoms with van der Waals surface area (Å²) in [7, 11) is 0. The Balaban J connectivity index is 2.15. The van der Waals surface area contributed by atoms with Gasteiger partial charge in [0.1, 0.15) is 0 Å². The van der Waals surface area contributed by atoms with Crippen molar-refractivity contribution in [2.45, 2.75) is 19.8 Å². The maximum Gasteiger partial charge on any atom is 0.231 e. The lowest BCUT2D eigenvalue weighted by Gasteiger charge is -2.25. The first-order valence-corrected chi connectivity index (χ1v) is 6.79. The fourth-order valence-corrected chi connectivity index (χ4v) is 2.82. The third-order valence-electron chi connectivity index (χ3n) is 3.52. The van der Waals surface area contributed by atoms with Crippen LogP contribution in [-0.4, -0.2) is 19.0 Å². The van der Waals surface area contributed by atoms with Gasteiger partial charge in [-0.2, -0.15) is 0 Å². The molecule has 0 saturated carbocycles. The molecule has 1 aromatic rings. The van der Waals surface area contributed by atoms with Gasteiger partial charge < -0.3 is 10.6 Å². The molecule has 3 nitrogen and oxygen atoms in total. The Bertz CT molecular complexity index is 436. The summed E-state index contributed by atoms with van der Waals surface area (Å²) < 4.78 is 0. The highest BCUT2D eigenvalue weighted by molar-refractivity contribution is 6.35. The first-order valence-electron chi connectivity index (χ1n) is 6.04. The summed E-state index contributed by atoms with van der Waals surface area (Å²) in [6.45, 7) is 3.65. The van der Waals surface area contributed by atoms with Crippen LogP contribution in [0.15, 0.2) is 18.2 Å². The van der Waals surface area contributed by atoms with Crippen LogP contribution < -0.4 is 10.6 Å². The Kier molecular flexibility index (Phi) is 4.15. The number of anilines is 1. The third kappa shape index (κ3) is 2.79. The minimum absolute atomic E-state index is 0.0355. The average molecular weight is 287 g/mol. The lowest BCUT2D eigenvalue weighted by molar-refractivity contribution is -0.124. The van der Waals surface area contributed by atoms with E-state index < -0.39 is 0 Å². The van der Waals surface area contributed by atoms with Crippen molar-refractivity contribution in [3.05, 3.63) is 28.2 Å². The summed E-state index contributed by atoms with van der Waals surface area (Å²) in [6.07, 6.45) is 1.68. The first-order chi connectivity index (χ1) is 8.55. The molecular weight excluding hydrogens is 271 g/mol. The van der Waals surface area contributed by atoms with Crippen molar-refractivity contribution in [3.63, 3.8) is 0 Å². The molecule has 1 aliphatic heterocycles. The molecule has 0 spiro atoms. The standard InChI is InChI=1S/C13H16Cl2N2O/c1-2-13(3-4-16-8-13)12(18)17-11-6-9(14)5-10(15)7-11/h5-7,16H,2-4,8H2,1H3,(H,17,18). The monoisotopic (exact) mass is 286 g/mol. The van der Waals surface area contributed by atoms with Crippen LogP contribution in [0, 0.1) is 5.41 Å². The normalized spacial score (nSPS) is 23.1. The van der Waals surface area contributed by atoms with Gasteiger partial charge >= 0.3 is 0 Å². The second-order valence-corrected chi connectivity index (χ2v) is 5.55. The van der Waals surface area contributed by atoms with Crippen molar-refractivity contribution in [2.24, 2.45) is 5.41 Å². The highest BCUT2D eigenvalue weighted by atomic mass is 35.5. The van der Waals surface area contributed by atoms with E-state index in [9.17, 15) is 4.79 Å². The highest BCUT2D eigenvalue weighted by Gasteiger charge is 2.39. The van der Waals surface area contributed by atoms with E-state index in [1.165, 1.54) is 0 Å². The van der Waals surface area contributed by atoms with E-state index >= 15 is 0 Å². The lowest BCUT2D eigenvalue weighted by Crippen LogP contribution is -2.37. The van der Waals surface area contributed by atoms with Crippen LogP contribution in [0.5, 0.6) is 0 Å². The maximum atomic E-state index is 12.4. The van der Waals surface area contributed by atoms with E-state index in [-0.39, 0.29) is 11.3 Å². The van der Waals surface area contributed by atoms with E-state index in [1.807, 2.05) is 6.92 Å². The Morgan fingerprint density at radius 1 is 1.39 bits per heavy atom. The molecule has 0 aliphatic carbocycles. The van der Waals surface area contributed by atoms with Crippen LogP contribution >= 0.6 is 23.2 Å². The highest BCUT2D eigenvalue weighted by Crippen LogP contribution is 2.32. The topological polar surface area (TPSA) is 41.1 Å². The van der Waals surface area contributed by atoms with Crippen molar-refractivity contribution in [1.82, 2.24) is 5.32 Å². The molecule has 2 rings (SSSR count). The molecule has 1 fully saturated rings. The molecule has 1 heterocycles. The smallest absolute Gasteiger partial charge is 0.231 e. The van der Waals surface area contributed by atoms with Gasteiger partial charge in [-0.25, -0.2) is 0 Å². The van der Waals surface area contributed by atoms with Crippen LogP contribution in [0.1, 0.15) is 19.8 Å². The van der Waals surface area contributed by atoms with Crippen molar-refractivity contribution < 1.29 is 4.79 Å². The molecule has 2 N–H and O–H groups in total. The van der Waals surface area contributed by atoms with E-state index in [2.05, 4.69) is 10.6 Å². The van der Waals surface area contributed by atoms with Gasteiger partial charge in [0.2, 0.25) is 5.91 Å². The summed E-state index contributed by atoms with van der Waals surface area (Å²) in [5.41, 5.74) is 0.339. The Hall–Kier alpha value is -0.770. The molecule has 0 aromatic heterocycles. The fourth-order valence-electron chi connectivity index (χ4n) is 2.29. The molecule has 1 atom stereocenters. The predicted molar refractivity (Wildman–Crippen MR) is 75.3 cm³/mol. The van der Waals surface area contributed by atoms with E-state index in [1.54, 1.807) is 18.2 Å². The molecule has 18 heavy (non-hydrogen) atoms. The largest absolute Gasteiger partial charge is 0.325 e. The molecule has 1 amide bonds. The Morgan fingerprint density at radius 3 is 2.56 bits per heavy atom. The molecule has 1 aromatic carbocycles. The number of amides is 1. The van der Waals surface area contributed by atoms with Crippen LogP contribution in [0.4, 0.5) is 5.69 Å². The van der Waals surface area contributed by atoms with Gasteiger partial charge in [-0.1, -0.05) is 30.1 Å². The molecular formula is C13H16Cl2N2O. The Morgan fingerprint density at radius 2 is 2.06 bits per heavy atom. The second-order valence-electron chi connectivity index (χ2n) is 4.67. The van der Waals surface area contributed by atoms with Gasteiger partial charge in [0.05, 0.1) is 5.41 Å². The van der Waals surface area contributed by atoms with Crippen LogP contribution in [-0.2, 0) is 4.79 Å². The van der Waals surface area contributed by atoms with Crippen molar-refractivity contribution >= 4 is 34.8 Å². The Labute approximate surface area is 117 Å². The van der Waals surface area contributed by atoms with Gasteiger partial charge in [-0.3, -0.25) is 4.79 Å². The molecule has 1 saturated heterocycles. The molecule has 98 valence electrons. The van der Waals surface area contributed by atoms with Gasteiger partial charge in [-0.15, -0.1) is 0 Å².